The highest BCUT2D eigenvalue weighted by molar-refractivity contribution is 5.85. The molecule has 0 aromatic heterocycles. The summed E-state index contributed by atoms with van der Waals surface area (Å²) in [6.45, 7) is 2.86. The van der Waals surface area contributed by atoms with E-state index in [1.54, 1.807) is 0 Å². The Kier molecular flexibility index (Phi) is 11.7. The molecule has 4 saturated heterocycles. The van der Waals surface area contributed by atoms with E-state index in [9.17, 15) is 24.0 Å². The molecule has 0 aliphatic carbocycles. The van der Waals surface area contributed by atoms with Crippen LogP contribution in [-0.2, 0) is 61.9 Å². The van der Waals surface area contributed by atoms with Crippen LogP contribution < -0.4 is 0 Å². The minimum Gasteiger partial charge on any atom is -0.463 e. The first-order valence-electron chi connectivity index (χ1n) is 14.0. The van der Waals surface area contributed by atoms with Crippen LogP contribution in [0.5, 0.6) is 0 Å². The van der Waals surface area contributed by atoms with Gasteiger partial charge >= 0.3 is 23.9 Å². The third-order valence-electron chi connectivity index (χ3n) is 6.92. The van der Waals surface area contributed by atoms with Gasteiger partial charge < -0.3 is 37.9 Å². The predicted octanol–water partition coefficient (Wildman–Crippen LogP) is 0.677. The van der Waals surface area contributed by atoms with Gasteiger partial charge in [0.2, 0.25) is 0 Å². The first-order chi connectivity index (χ1) is 19.4. The largest absolute Gasteiger partial charge is 0.463 e. The molecule has 4 aliphatic heterocycles. The Bertz CT molecular complexity index is 755. The molecule has 0 bridgehead atoms. The van der Waals surface area contributed by atoms with E-state index in [0.717, 1.165) is 0 Å². The van der Waals surface area contributed by atoms with E-state index >= 15 is 0 Å². The Labute approximate surface area is 232 Å². The summed E-state index contributed by atoms with van der Waals surface area (Å²) < 4.78 is 40.9. The van der Waals surface area contributed by atoms with Crippen LogP contribution in [-0.4, -0.2) is 107 Å². The highest BCUT2D eigenvalue weighted by Crippen LogP contribution is 2.27. The van der Waals surface area contributed by atoms with E-state index in [1.807, 2.05) is 0 Å². The number of esters is 4. The van der Waals surface area contributed by atoms with E-state index in [1.165, 1.54) is 0 Å². The van der Waals surface area contributed by atoms with Crippen molar-refractivity contribution in [2.75, 3.05) is 52.9 Å². The SMILES string of the molecule is O=C(CCC(CCC(=O)OCC1CO1)C(=O)C(CCC(=O)OCC1CO1)CCC(=O)OCC1CO1)OCC1CO1. The quantitative estimate of drug-likeness (QED) is 0.101. The molecule has 0 amide bonds. The number of carbonyl (C=O) groups excluding carboxylic acids is 5. The number of carbonyl (C=O) groups is 5. The van der Waals surface area contributed by atoms with Crippen molar-refractivity contribution in [3.8, 4) is 0 Å². The number of ketones is 1. The minimum atomic E-state index is -0.675. The van der Waals surface area contributed by atoms with Crippen LogP contribution >= 0.6 is 0 Å². The van der Waals surface area contributed by atoms with Gasteiger partial charge in [0, 0.05) is 37.5 Å². The molecule has 4 fully saturated rings. The first-order valence-corrected chi connectivity index (χ1v) is 14.0. The fraction of sp³-hybridized carbons (Fsp3) is 0.815. The molecule has 0 aromatic rings. The number of hydrogen-bond acceptors (Lipinski definition) is 13. The predicted molar refractivity (Wildman–Crippen MR) is 132 cm³/mol. The molecule has 4 atom stereocenters. The zero-order valence-corrected chi connectivity index (χ0v) is 22.6. The average molecular weight is 571 g/mol. The summed E-state index contributed by atoms with van der Waals surface area (Å²) in [6.07, 6.45) is 0.251. The van der Waals surface area contributed by atoms with Gasteiger partial charge in [-0.05, 0) is 25.7 Å². The maximum absolute atomic E-state index is 13.7. The van der Waals surface area contributed by atoms with Crippen molar-refractivity contribution in [2.24, 2.45) is 11.8 Å². The summed E-state index contributed by atoms with van der Waals surface area (Å²) in [5.74, 6) is -3.43. The molecule has 4 aliphatic rings. The van der Waals surface area contributed by atoms with E-state index in [-0.39, 0.29) is 108 Å². The van der Waals surface area contributed by atoms with Crippen molar-refractivity contribution in [2.45, 2.75) is 75.8 Å². The summed E-state index contributed by atoms with van der Waals surface area (Å²) in [5.41, 5.74) is 0. The van der Waals surface area contributed by atoms with Crippen molar-refractivity contribution in [3.63, 3.8) is 0 Å². The van der Waals surface area contributed by atoms with Gasteiger partial charge in [-0.25, -0.2) is 0 Å². The van der Waals surface area contributed by atoms with Crippen molar-refractivity contribution in [1.29, 1.82) is 0 Å². The fourth-order valence-electron chi connectivity index (χ4n) is 4.05. The number of hydrogen-bond donors (Lipinski definition) is 0. The van der Waals surface area contributed by atoms with Gasteiger partial charge in [-0.3, -0.25) is 24.0 Å². The molecule has 13 heteroatoms. The van der Waals surface area contributed by atoms with Crippen LogP contribution in [0.1, 0.15) is 51.4 Å². The van der Waals surface area contributed by atoms with Gasteiger partial charge in [0.15, 0.2) is 0 Å². The van der Waals surface area contributed by atoms with Crippen LogP contribution in [0.4, 0.5) is 0 Å². The minimum absolute atomic E-state index is 0.0202. The maximum atomic E-state index is 13.7. The normalized spacial score (nSPS) is 25.2. The average Bonchev–Trinajstić information content (AvgIpc) is 3.79. The zero-order valence-electron chi connectivity index (χ0n) is 22.6. The van der Waals surface area contributed by atoms with Gasteiger partial charge in [0.05, 0.1) is 26.4 Å². The van der Waals surface area contributed by atoms with E-state index in [2.05, 4.69) is 0 Å². The van der Waals surface area contributed by atoms with Crippen molar-refractivity contribution >= 4 is 29.7 Å². The Morgan fingerprint density at radius 2 is 0.700 bits per heavy atom. The molecule has 4 unspecified atom stereocenters. The second-order valence-corrected chi connectivity index (χ2v) is 10.5. The maximum Gasteiger partial charge on any atom is 0.305 e. The van der Waals surface area contributed by atoms with E-state index in [0.29, 0.717) is 26.4 Å². The van der Waals surface area contributed by atoms with E-state index < -0.39 is 35.7 Å². The molecule has 0 spiro atoms. The lowest BCUT2D eigenvalue weighted by Gasteiger charge is -2.22. The summed E-state index contributed by atoms with van der Waals surface area (Å²) in [5, 5.41) is 0. The van der Waals surface area contributed by atoms with Crippen LogP contribution in [0, 0.1) is 11.8 Å². The van der Waals surface area contributed by atoms with E-state index in [4.69, 9.17) is 37.9 Å². The Hall–Kier alpha value is -2.61. The molecule has 13 nitrogen and oxygen atoms in total. The number of epoxide rings is 4. The smallest absolute Gasteiger partial charge is 0.305 e. The first kappa shape index (κ1) is 30.4. The molecule has 0 radical (unpaired) electrons. The lowest BCUT2D eigenvalue weighted by atomic mass is 9.82. The lowest BCUT2D eigenvalue weighted by molar-refractivity contribution is -0.145. The van der Waals surface area contributed by atoms with Crippen LogP contribution in [0.3, 0.4) is 0 Å². The van der Waals surface area contributed by atoms with Crippen LogP contribution in [0.25, 0.3) is 0 Å². The summed E-state index contributed by atoms with van der Waals surface area (Å²) in [6, 6.07) is 0. The molecule has 4 rings (SSSR count). The highest BCUT2D eigenvalue weighted by atomic mass is 16.6. The molecule has 0 saturated carbocycles. The fourth-order valence-corrected chi connectivity index (χ4v) is 4.05. The third kappa shape index (κ3) is 12.7. The summed E-state index contributed by atoms with van der Waals surface area (Å²) in [4.78, 5) is 62.7. The van der Waals surface area contributed by atoms with Crippen molar-refractivity contribution in [3.05, 3.63) is 0 Å². The topological polar surface area (TPSA) is 172 Å². The molecule has 0 N–H and O–H groups in total. The highest BCUT2D eigenvalue weighted by Gasteiger charge is 2.32. The van der Waals surface area contributed by atoms with Gasteiger partial charge in [-0.2, -0.15) is 0 Å². The van der Waals surface area contributed by atoms with Crippen molar-refractivity contribution in [1.82, 2.24) is 0 Å². The summed E-state index contributed by atoms with van der Waals surface area (Å²) in [7, 11) is 0. The van der Waals surface area contributed by atoms with Crippen LogP contribution in [0.2, 0.25) is 0 Å². The number of ether oxygens (including phenoxy) is 8. The molecule has 40 heavy (non-hydrogen) atoms. The second-order valence-electron chi connectivity index (χ2n) is 10.5. The van der Waals surface area contributed by atoms with Gasteiger partial charge in [-0.1, -0.05) is 0 Å². The monoisotopic (exact) mass is 570 g/mol. The number of rotatable bonds is 22. The Balaban J connectivity index is 1.31. The standard InChI is InChI=1S/C27H38O13/c28-23(37-13-19-9-33-19)5-1-17(2-6-24(29)38-14-20-10-34-20)27(32)18(3-7-25(30)39-15-21-11-35-21)4-8-26(31)40-16-22-12-36-22/h17-22H,1-16H2. The summed E-state index contributed by atoms with van der Waals surface area (Å²) >= 11 is 0. The lowest BCUT2D eigenvalue weighted by Crippen LogP contribution is -2.27. The molecular weight excluding hydrogens is 532 g/mol. The Morgan fingerprint density at radius 1 is 0.475 bits per heavy atom. The molecule has 0 aromatic carbocycles. The van der Waals surface area contributed by atoms with Gasteiger partial charge in [-0.15, -0.1) is 0 Å². The molecule has 4 heterocycles. The second kappa shape index (κ2) is 15.4. The van der Waals surface area contributed by atoms with Crippen molar-refractivity contribution < 1.29 is 61.9 Å². The zero-order chi connectivity index (χ0) is 28.3. The Morgan fingerprint density at radius 3 is 0.900 bits per heavy atom. The molecule has 224 valence electrons. The third-order valence-corrected chi connectivity index (χ3v) is 6.92. The van der Waals surface area contributed by atoms with Gasteiger partial charge in [0.25, 0.3) is 0 Å². The number of Topliss-reactive ketones (excluding diaryl/α,β-unsaturated/α-hetero) is 1. The van der Waals surface area contributed by atoms with Crippen LogP contribution in [0.15, 0.2) is 0 Å². The van der Waals surface area contributed by atoms with Gasteiger partial charge in [0.1, 0.15) is 56.6 Å². The molecular formula is C27H38O13.